The Bertz CT molecular complexity index is 896. The maximum Gasteiger partial charge on any atom is 0.322 e. The van der Waals surface area contributed by atoms with Gasteiger partial charge in [0.1, 0.15) is 11.8 Å². The summed E-state index contributed by atoms with van der Waals surface area (Å²) in [7, 11) is -1.21. The molecule has 0 heterocycles. The maximum absolute atomic E-state index is 12.8. The van der Waals surface area contributed by atoms with Gasteiger partial charge in [-0.1, -0.05) is 35.4 Å². The molecule has 26 heavy (non-hydrogen) atoms. The Morgan fingerprint density at radius 2 is 1.85 bits per heavy atom. The molecule has 0 fully saturated rings. The molecule has 0 amide bonds. The number of nitrogens with zero attached hydrogens (tertiary/aromatic N) is 1. The van der Waals surface area contributed by atoms with Crippen LogP contribution in [0, 0.1) is 6.92 Å². The Morgan fingerprint density at radius 3 is 2.35 bits per heavy atom. The molecule has 0 aliphatic heterocycles. The van der Waals surface area contributed by atoms with E-state index in [4.69, 9.17) is 16.3 Å². The third-order valence-corrected chi connectivity index (χ3v) is 6.24. The van der Waals surface area contributed by atoms with Crippen LogP contribution in [0.2, 0.25) is 5.02 Å². The van der Waals surface area contributed by atoms with Crippen LogP contribution >= 0.6 is 11.6 Å². The molecule has 0 aliphatic carbocycles. The average molecular weight is 398 g/mol. The molecule has 2 aromatic rings. The van der Waals surface area contributed by atoms with E-state index in [9.17, 15) is 18.3 Å². The Morgan fingerprint density at radius 1 is 1.23 bits per heavy atom. The van der Waals surface area contributed by atoms with E-state index in [-0.39, 0.29) is 11.3 Å². The highest BCUT2D eigenvalue weighted by Crippen LogP contribution is 2.26. The van der Waals surface area contributed by atoms with Gasteiger partial charge in [-0.3, -0.25) is 4.79 Å². The van der Waals surface area contributed by atoms with Crippen molar-refractivity contribution in [2.24, 2.45) is 0 Å². The summed E-state index contributed by atoms with van der Waals surface area (Å²) in [6, 6.07) is 9.83. The number of carboxylic acid groups (broad SMARTS) is 1. The van der Waals surface area contributed by atoms with Crippen molar-refractivity contribution in [3.63, 3.8) is 0 Å². The van der Waals surface area contributed by atoms with Crippen LogP contribution in [0.25, 0.3) is 0 Å². The standard InChI is InChI=1S/C18H20ClNO5S/c1-12-4-7-14(8-5-12)26(23,24)20(2)16(18(21)22)11-13-6-9-17(25-3)15(19)10-13/h4-10,16H,11H2,1-3H3,(H,21,22). The molecular weight excluding hydrogens is 378 g/mol. The second-order valence-corrected chi connectivity index (χ2v) is 8.27. The number of carboxylic acids is 1. The van der Waals surface area contributed by atoms with Gasteiger partial charge in [-0.15, -0.1) is 0 Å². The van der Waals surface area contributed by atoms with E-state index in [1.807, 2.05) is 6.92 Å². The smallest absolute Gasteiger partial charge is 0.322 e. The summed E-state index contributed by atoms with van der Waals surface area (Å²) in [4.78, 5) is 11.8. The van der Waals surface area contributed by atoms with Crippen molar-refractivity contribution in [2.45, 2.75) is 24.3 Å². The highest BCUT2D eigenvalue weighted by atomic mass is 35.5. The second kappa shape index (κ2) is 8.07. The molecule has 8 heteroatoms. The third-order valence-electron chi connectivity index (χ3n) is 4.07. The molecule has 1 N–H and O–H groups in total. The maximum atomic E-state index is 12.8. The molecule has 1 atom stereocenters. The Kier molecular flexibility index (Phi) is 6.28. The zero-order valence-corrected chi connectivity index (χ0v) is 16.2. The molecule has 140 valence electrons. The van der Waals surface area contributed by atoms with E-state index in [0.717, 1.165) is 9.87 Å². The number of methoxy groups -OCH3 is 1. The normalized spacial score (nSPS) is 12.8. The van der Waals surface area contributed by atoms with E-state index in [1.165, 1.54) is 26.3 Å². The van der Waals surface area contributed by atoms with Gasteiger partial charge in [0.05, 0.1) is 17.0 Å². The van der Waals surface area contributed by atoms with Gasteiger partial charge in [0.25, 0.3) is 0 Å². The number of hydrogen-bond acceptors (Lipinski definition) is 4. The van der Waals surface area contributed by atoms with Crippen molar-refractivity contribution in [1.29, 1.82) is 0 Å². The van der Waals surface area contributed by atoms with Gasteiger partial charge in [-0.25, -0.2) is 8.42 Å². The SMILES string of the molecule is COc1ccc(CC(C(=O)O)N(C)S(=O)(=O)c2ccc(C)cc2)cc1Cl. The predicted molar refractivity (Wildman–Crippen MR) is 99.3 cm³/mol. The molecule has 2 aromatic carbocycles. The molecule has 2 rings (SSSR count). The second-order valence-electron chi connectivity index (χ2n) is 5.86. The number of aryl methyl sites for hydroxylation is 1. The first-order valence-corrected chi connectivity index (χ1v) is 9.58. The fourth-order valence-electron chi connectivity index (χ4n) is 2.48. The molecule has 0 radical (unpaired) electrons. The first kappa shape index (κ1) is 20.2. The molecule has 1 unspecified atom stereocenters. The van der Waals surface area contributed by atoms with Crippen LogP contribution in [0.3, 0.4) is 0 Å². The summed E-state index contributed by atoms with van der Waals surface area (Å²) in [5, 5.41) is 9.90. The van der Waals surface area contributed by atoms with Crippen LogP contribution in [-0.2, 0) is 21.2 Å². The van der Waals surface area contributed by atoms with Crippen LogP contribution in [0.5, 0.6) is 5.75 Å². The Balaban J connectivity index is 2.32. The molecule has 0 saturated carbocycles. The van der Waals surface area contributed by atoms with Crippen LogP contribution in [-0.4, -0.2) is 44.0 Å². The van der Waals surface area contributed by atoms with Crippen molar-refractivity contribution >= 4 is 27.6 Å². The number of aliphatic carboxylic acids is 1. The minimum atomic E-state index is -3.95. The fourth-order valence-corrected chi connectivity index (χ4v) is 4.07. The highest BCUT2D eigenvalue weighted by Gasteiger charge is 2.33. The molecule has 0 aromatic heterocycles. The summed E-state index contributed by atoms with van der Waals surface area (Å²) >= 11 is 6.07. The van der Waals surface area contributed by atoms with Crippen LogP contribution in [0.15, 0.2) is 47.4 Å². The van der Waals surface area contributed by atoms with Crippen LogP contribution in [0.1, 0.15) is 11.1 Å². The lowest BCUT2D eigenvalue weighted by atomic mass is 10.1. The largest absolute Gasteiger partial charge is 0.495 e. The lowest BCUT2D eigenvalue weighted by Crippen LogP contribution is -2.43. The first-order chi connectivity index (χ1) is 12.2. The number of likely N-dealkylation sites (N-methyl/N-ethyl adjacent to an activating group) is 1. The van der Waals surface area contributed by atoms with Crippen molar-refractivity contribution in [1.82, 2.24) is 4.31 Å². The summed E-state index contributed by atoms with van der Waals surface area (Å²) < 4.78 is 31.5. The summed E-state index contributed by atoms with van der Waals surface area (Å²) in [5.74, 6) is -0.780. The van der Waals surface area contributed by atoms with Crippen molar-refractivity contribution in [2.75, 3.05) is 14.2 Å². The first-order valence-electron chi connectivity index (χ1n) is 7.76. The van der Waals surface area contributed by atoms with Gasteiger partial charge in [0, 0.05) is 7.05 Å². The number of sulfonamides is 1. The number of benzene rings is 2. The average Bonchev–Trinajstić information content (AvgIpc) is 2.59. The lowest BCUT2D eigenvalue weighted by Gasteiger charge is -2.24. The number of hydrogen-bond donors (Lipinski definition) is 1. The van der Waals surface area contributed by atoms with E-state index in [1.54, 1.807) is 30.3 Å². The quantitative estimate of drug-likeness (QED) is 0.776. The van der Waals surface area contributed by atoms with E-state index < -0.39 is 22.0 Å². The lowest BCUT2D eigenvalue weighted by molar-refractivity contribution is -0.141. The summed E-state index contributed by atoms with van der Waals surface area (Å²) in [5.41, 5.74) is 1.50. The topological polar surface area (TPSA) is 83.9 Å². The van der Waals surface area contributed by atoms with Gasteiger partial charge in [-0.05, 0) is 43.2 Å². The van der Waals surface area contributed by atoms with Crippen LogP contribution in [0.4, 0.5) is 0 Å². The predicted octanol–water partition coefficient (Wildman–Crippen LogP) is 2.97. The minimum Gasteiger partial charge on any atom is -0.495 e. The summed E-state index contributed by atoms with van der Waals surface area (Å²) in [6.07, 6.45) is -0.0271. The molecular formula is C18H20ClNO5S. The molecule has 0 spiro atoms. The van der Waals surface area contributed by atoms with Gasteiger partial charge in [0.15, 0.2) is 0 Å². The minimum absolute atomic E-state index is 0.0271. The van der Waals surface area contributed by atoms with Crippen LogP contribution < -0.4 is 4.74 Å². The van der Waals surface area contributed by atoms with Crippen molar-refractivity contribution < 1.29 is 23.1 Å². The Labute approximate surface area is 158 Å². The monoisotopic (exact) mass is 397 g/mol. The number of halogens is 1. The molecule has 0 aliphatic rings. The van der Waals surface area contributed by atoms with Gasteiger partial charge in [0.2, 0.25) is 10.0 Å². The number of ether oxygens (including phenoxy) is 1. The third kappa shape index (κ3) is 4.35. The van der Waals surface area contributed by atoms with E-state index in [0.29, 0.717) is 16.3 Å². The highest BCUT2D eigenvalue weighted by molar-refractivity contribution is 7.89. The Hall–Kier alpha value is -2.09. The molecule has 6 nitrogen and oxygen atoms in total. The molecule has 0 bridgehead atoms. The van der Waals surface area contributed by atoms with Gasteiger partial charge < -0.3 is 9.84 Å². The number of carbonyl (C=O) groups is 1. The molecule has 0 saturated heterocycles. The van der Waals surface area contributed by atoms with E-state index in [2.05, 4.69) is 0 Å². The fraction of sp³-hybridized carbons (Fsp3) is 0.278. The summed E-state index contributed by atoms with van der Waals surface area (Å²) in [6.45, 7) is 1.84. The number of rotatable bonds is 7. The van der Waals surface area contributed by atoms with Gasteiger partial charge >= 0.3 is 5.97 Å². The van der Waals surface area contributed by atoms with Crippen molar-refractivity contribution in [3.05, 3.63) is 58.6 Å². The van der Waals surface area contributed by atoms with Crippen molar-refractivity contribution in [3.8, 4) is 5.75 Å². The zero-order valence-electron chi connectivity index (χ0n) is 14.6. The zero-order chi connectivity index (χ0) is 19.5. The van der Waals surface area contributed by atoms with E-state index >= 15 is 0 Å². The van der Waals surface area contributed by atoms with Gasteiger partial charge in [-0.2, -0.15) is 4.31 Å².